The molecular weight excluding hydrogens is 334 g/mol. The minimum Gasteiger partial charge on any atom is -0.455 e. The number of benzene rings is 1. The average molecular weight is 355 g/mol. The highest BCUT2D eigenvalue weighted by Gasteiger charge is 2.47. The van der Waals surface area contributed by atoms with Crippen LogP contribution < -0.4 is 5.32 Å². The van der Waals surface area contributed by atoms with Gasteiger partial charge in [0.05, 0.1) is 6.61 Å². The van der Waals surface area contributed by atoms with E-state index in [9.17, 15) is 24.9 Å². The molecule has 25 heavy (non-hydrogen) atoms. The topological polar surface area (TPSA) is 135 Å². The molecule has 0 spiro atoms. The summed E-state index contributed by atoms with van der Waals surface area (Å²) in [7, 11) is 0. The second-order valence-corrected chi connectivity index (χ2v) is 5.54. The van der Waals surface area contributed by atoms with Crippen LogP contribution in [0.25, 0.3) is 0 Å². The summed E-state index contributed by atoms with van der Waals surface area (Å²) in [5.41, 5.74) is 0.766. The van der Waals surface area contributed by atoms with E-state index in [2.05, 4.69) is 5.32 Å². The summed E-state index contributed by atoms with van der Waals surface area (Å²) in [5, 5.41) is 31.4. The van der Waals surface area contributed by atoms with Gasteiger partial charge in [-0.15, -0.1) is 0 Å². The maximum absolute atomic E-state index is 11.9. The predicted octanol–water partition coefficient (Wildman–Crippen LogP) is -0.717. The molecular formula is C16H21NO8. The average Bonchev–Trinajstić information content (AvgIpc) is 2.60. The minimum atomic E-state index is -1.55. The Morgan fingerprint density at radius 2 is 1.88 bits per heavy atom. The van der Waals surface area contributed by atoms with Crippen molar-refractivity contribution < 1.29 is 39.1 Å². The number of amides is 1. The highest BCUT2D eigenvalue weighted by molar-refractivity contribution is 5.68. The molecule has 1 aromatic rings. The van der Waals surface area contributed by atoms with Crippen molar-refractivity contribution in [3.63, 3.8) is 0 Å². The Balaban J connectivity index is 1.99. The third kappa shape index (κ3) is 5.13. The summed E-state index contributed by atoms with van der Waals surface area (Å²) in [4.78, 5) is 23.1. The van der Waals surface area contributed by atoms with Crippen molar-refractivity contribution in [2.24, 2.45) is 0 Å². The quantitative estimate of drug-likeness (QED) is 0.509. The highest BCUT2D eigenvalue weighted by Crippen LogP contribution is 2.22. The molecule has 1 aromatic carbocycles. The standard InChI is InChI=1S/C16H21NO8/c1-9(19)24-14-13(21)12(20)11(7-18)25-15(14)17-16(22)23-8-10-5-3-2-4-6-10/h2-6,11-15,18,20-21H,7-8H2,1H3,(H,17,22)/t11-,12-,13+,14-,15?/m1/s1. The van der Waals surface area contributed by atoms with E-state index >= 15 is 0 Å². The second kappa shape index (κ2) is 8.77. The van der Waals surface area contributed by atoms with Gasteiger partial charge in [0.1, 0.15) is 24.9 Å². The Morgan fingerprint density at radius 1 is 1.20 bits per heavy atom. The van der Waals surface area contributed by atoms with Gasteiger partial charge in [-0.2, -0.15) is 0 Å². The molecule has 138 valence electrons. The third-order valence-electron chi connectivity index (χ3n) is 3.64. The van der Waals surface area contributed by atoms with E-state index in [1.54, 1.807) is 24.3 Å². The number of aliphatic hydroxyl groups excluding tert-OH is 3. The number of nitrogens with one attached hydrogen (secondary N) is 1. The first-order valence-electron chi connectivity index (χ1n) is 7.69. The zero-order chi connectivity index (χ0) is 18.4. The van der Waals surface area contributed by atoms with Crippen molar-refractivity contribution in [3.8, 4) is 0 Å². The molecule has 0 saturated carbocycles. The molecule has 1 amide bonds. The van der Waals surface area contributed by atoms with E-state index in [1.807, 2.05) is 6.07 Å². The molecule has 1 saturated heterocycles. The number of ether oxygens (including phenoxy) is 3. The van der Waals surface area contributed by atoms with Crippen LogP contribution in [0.5, 0.6) is 0 Å². The summed E-state index contributed by atoms with van der Waals surface area (Å²) in [6.45, 7) is 0.524. The van der Waals surface area contributed by atoms with Gasteiger partial charge < -0.3 is 29.5 Å². The molecule has 1 unspecified atom stereocenters. The Labute approximate surface area is 144 Å². The fraction of sp³-hybridized carbons (Fsp3) is 0.500. The number of hydrogen-bond donors (Lipinski definition) is 4. The highest BCUT2D eigenvalue weighted by atomic mass is 16.6. The summed E-state index contributed by atoms with van der Waals surface area (Å²) in [6.07, 6.45) is -7.68. The molecule has 1 aliphatic rings. The van der Waals surface area contributed by atoms with Gasteiger partial charge in [-0.05, 0) is 5.56 Å². The smallest absolute Gasteiger partial charge is 0.409 e. The Morgan fingerprint density at radius 3 is 2.48 bits per heavy atom. The molecule has 9 nitrogen and oxygen atoms in total. The van der Waals surface area contributed by atoms with E-state index in [4.69, 9.17) is 14.2 Å². The van der Waals surface area contributed by atoms with Crippen molar-refractivity contribution in [2.75, 3.05) is 6.61 Å². The molecule has 1 fully saturated rings. The number of esters is 1. The van der Waals surface area contributed by atoms with Gasteiger partial charge in [0, 0.05) is 6.92 Å². The first-order valence-corrected chi connectivity index (χ1v) is 7.69. The first kappa shape index (κ1) is 19.1. The first-order chi connectivity index (χ1) is 11.9. The molecule has 5 atom stereocenters. The van der Waals surface area contributed by atoms with Crippen molar-refractivity contribution in [3.05, 3.63) is 35.9 Å². The lowest BCUT2D eigenvalue weighted by Crippen LogP contribution is -2.64. The monoisotopic (exact) mass is 355 g/mol. The Kier molecular flexibility index (Phi) is 6.71. The summed E-state index contributed by atoms with van der Waals surface area (Å²) in [5.74, 6) is -0.730. The van der Waals surface area contributed by atoms with Crippen LogP contribution in [0, 0.1) is 0 Å². The molecule has 1 aliphatic heterocycles. The lowest BCUT2D eigenvalue weighted by atomic mass is 9.98. The lowest BCUT2D eigenvalue weighted by molar-refractivity contribution is -0.242. The van der Waals surface area contributed by atoms with Gasteiger partial charge in [-0.1, -0.05) is 30.3 Å². The van der Waals surface area contributed by atoms with Gasteiger partial charge in [-0.25, -0.2) is 4.79 Å². The maximum Gasteiger partial charge on any atom is 0.409 e. The van der Waals surface area contributed by atoms with Crippen LogP contribution in [0.15, 0.2) is 30.3 Å². The van der Waals surface area contributed by atoms with Crippen LogP contribution in [-0.2, 0) is 25.6 Å². The fourth-order valence-electron chi connectivity index (χ4n) is 2.41. The third-order valence-corrected chi connectivity index (χ3v) is 3.64. The normalized spacial score (nSPS) is 28.9. The zero-order valence-corrected chi connectivity index (χ0v) is 13.6. The molecule has 4 N–H and O–H groups in total. The number of carbonyl (C=O) groups excluding carboxylic acids is 2. The number of alkyl carbamates (subject to hydrolysis) is 1. The van der Waals surface area contributed by atoms with Crippen LogP contribution in [0.2, 0.25) is 0 Å². The molecule has 1 heterocycles. The van der Waals surface area contributed by atoms with Crippen molar-refractivity contribution in [2.45, 2.75) is 44.2 Å². The van der Waals surface area contributed by atoms with Crippen molar-refractivity contribution >= 4 is 12.1 Å². The van der Waals surface area contributed by atoms with Crippen molar-refractivity contribution in [1.82, 2.24) is 5.32 Å². The van der Waals surface area contributed by atoms with Gasteiger partial charge >= 0.3 is 12.1 Å². The van der Waals surface area contributed by atoms with Gasteiger partial charge in [0.15, 0.2) is 12.3 Å². The Bertz CT molecular complexity index is 581. The fourth-order valence-corrected chi connectivity index (χ4v) is 2.41. The summed E-state index contributed by atoms with van der Waals surface area (Å²) in [6, 6.07) is 8.95. The second-order valence-electron chi connectivity index (χ2n) is 5.54. The predicted molar refractivity (Wildman–Crippen MR) is 83.1 cm³/mol. The molecule has 0 radical (unpaired) electrons. The Hall–Kier alpha value is -2.20. The molecule has 9 heteroatoms. The summed E-state index contributed by atoms with van der Waals surface area (Å²) >= 11 is 0. The largest absolute Gasteiger partial charge is 0.455 e. The van der Waals surface area contributed by atoms with Crippen LogP contribution in [0.4, 0.5) is 4.79 Å². The van der Waals surface area contributed by atoms with Crippen LogP contribution in [0.3, 0.4) is 0 Å². The molecule has 0 aromatic heterocycles. The van der Waals surface area contributed by atoms with Crippen molar-refractivity contribution in [1.29, 1.82) is 0 Å². The molecule has 0 aliphatic carbocycles. The number of carbonyl (C=O) groups is 2. The summed E-state index contributed by atoms with van der Waals surface area (Å²) < 4.78 is 15.3. The van der Waals surface area contributed by atoms with Gasteiger partial charge in [0.25, 0.3) is 0 Å². The molecule has 2 rings (SSSR count). The van der Waals surface area contributed by atoms with Crippen LogP contribution in [-0.4, -0.2) is 64.6 Å². The van der Waals surface area contributed by atoms with Crippen LogP contribution >= 0.6 is 0 Å². The van der Waals surface area contributed by atoms with E-state index < -0.39 is 49.3 Å². The van der Waals surface area contributed by atoms with E-state index in [0.717, 1.165) is 12.5 Å². The molecule has 0 bridgehead atoms. The minimum absolute atomic E-state index is 0.00618. The lowest BCUT2D eigenvalue weighted by Gasteiger charge is -2.41. The van der Waals surface area contributed by atoms with Gasteiger partial charge in [0.2, 0.25) is 0 Å². The maximum atomic E-state index is 11.9. The number of rotatable bonds is 5. The van der Waals surface area contributed by atoms with E-state index in [-0.39, 0.29) is 6.61 Å². The van der Waals surface area contributed by atoms with Gasteiger partial charge in [-0.3, -0.25) is 10.1 Å². The number of hydrogen-bond acceptors (Lipinski definition) is 8. The number of aliphatic hydroxyl groups is 3. The van der Waals surface area contributed by atoms with E-state index in [1.165, 1.54) is 0 Å². The zero-order valence-electron chi connectivity index (χ0n) is 13.6. The SMILES string of the molecule is CC(=O)O[C@H]1C(NC(=O)OCc2ccccc2)O[C@H](CO)[C@@H](O)[C@@H]1O. The van der Waals surface area contributed by atoms with Crippen LogP contribution in [0.1, 0.15) is 12.5 Å². The van der Waals surface area contributed by atoms with E-state index in [0.29, 0.717) is 0 Å².